The van der Waals surface area contributed by atoms with Crippen molar-refractivity contribution in [1.29, 1.82) is 0 Å². The molecule has 27 heavy (non-hydrogen) atoms. The predicted molar refractivity (Wildman–Crippen MR) is 100.0 cm³/mol. The van der Waals surface area contributed by atoms with Crippen molar-refractivity contribution in [1.82, 2.24) is 23.8 Å². The van der Waals surface area contributed by atoms with Crippen LogP contribution in [0.5, 0.6) is 0 Å². The van der Waals surface area contributed by atoms with Crippen LogP contribution in [-0.4, -0.2) is 58.4 Å². The zero-order chi connectivity index (χ0) is 18.8. The second-order valence-corrected chi connectivity index (χ2v) is 9.77. The number of nitrogens with zero attached hydrogens (tertiary/aromatic N) is 6. The number of sulfonamides is 1. The van der Waals surface area contributed by atoms with Gasteiger partial charge in [-0.3, -0.25) is 0 Å². The van der Waals surface area contributed by atoms with Gasteiger partial charge in [0.05, 0.1) is 0 Å². The second kappa shape index (κ2) is 6.00. The summed E-state index contributed by atoms with van der Waals surface area (Å²) in [4.78, 5) is 15.8. The molecule has 144 valence electrons. The normalized spacial score (nSPS) is 25.2. The van der Waals surface area contributed by atoms with Gasteiger partial charge in [0.2, 0.25) is 5.16 Å². The third-order valence-electron chi connectivity index (χ3n) is 6.12. The molecule has 2 fully saturated rings. The summed E-state index contributed by atoms with van der Waals surface area (Å²) in [5.41, 5.74) is 2.51. The van der Waals surface area contributed by atoms with E-state index >= 15 is 0 Å². The lowest BCUT2D eigenvalue weighted by atomic mass is 10.0. The predicted octanol–water partition coefficient (Wildman–Crippen LogP) is 0.764. The quantitative estimate of drug-likeness (QED) is 0.772. The van der Waals surface area contributed by atoms with Gasteiger partial charge in [0.15, 0.2) is 0 Å². The number of aromatic nitrogens is 4. The van der Waals surface area contributed by atoms with Gasteiger partial charge in [-0.05, 0) is 38.0 Å². The van der Waals surface area contributed by atoms with Gasteiger partial charge in [-0.1, -0.05) is 0 Å². The number of fused-ring (bicyclic) bond motifs is 2. The molecule has 0 saturated carbocycles. The van der Waals surface area contributed by atoms with E-state index in [2.05, 4.69) is 14.9 Å². The molecule has 4 heterocycles. The maximum Gasteiger partial charge on any atom is 0.277 e. The molecule has 5 rings (SSSR count). The molecule has 9 heteroatoms. The fourth-order valence-electron chi connectivity index (χ4n) is 4.83. The van der Waals surface area contributed by atoms with Crippen LogP contribution in [0.3, 0.4) is 0 Å². The Hall–Kier alpha value is -2.00. The first-order valence-corrected chi connectivity index (χ1v) is 11.0. The van der Waals surface area contributed by atoms with Gasteiger partial charge in [0.1, 0.15) is 11.6 Å². The molecule has 2 unspecified atom stereocenters. The summed E-state index contributed by atoms with van der Waals surface area (Å²) < 4.78 is 29.0. The Morgan fingerprint density at radius 1 is 1.07 bits per heavy atom. The highest BCUT2D eigenvalue weighted by atomic mass is 32.2. The topological polar surface area (TPSA) is 84.2 Å². The Labute approximate surface area is 159 Å². The molecule has 0 aromatic carbocycles. The SMILES string of the molecule is Cc1nc2c(c(N3CC4CN(S(=O)(=O)c5nccn5C)CC4C3)n1)CCC2. The summed E-state index contributed by atoms with van der Waals surface area (Å²) in [7, 11) is -1.81. The highest BCUT2D eigenvalue weighted by molar-refractivity contribution is 7.89. The first-order valence-electron chi connectivity index (χ1n) is 9.52. The van der Waals surface area contributed by atoms with E-state index in [1.54, 1.807) is 22.1 Å². The number of anilines is 1. The number of rotatable bonds is 3. The van der Waals surface area contributed by atoms with Crippen LogP contribution in [0.15, 0.2) is 17.6 Å². The number of hydrogen-bond donors (Lipinski definition) is 0. The van der Waals surface area contributed by atoms with E-state index in [9.17, 15) is 8.42 Å². The summed E-state index contributed by atoms with van der Waals surface area (Å²) in [5.74, 6) is 2.60. The lowest BCUT2D eigenvalue weighted by Crippen LogP contribution is -2.35. The summed E-state index contributed by atoms with van der Waals surface area (Å²) in [5, 5.41) is 0.128. The molecule has 2 atom stereocenters. The molecule has 0 bridgehead atoms. The average Bonchev–Trinajstić information content (AvgIpc) is 3.35. The number of hydrogen-bond acceptors (Lipinski definition) is 6. The molecule has 1 aliphatic carbocycles. The van der Waals surface area contributed by atoms with E-state index in [1.807, 2.05) is 6.92 Å². The Morgan fingerprint density at radius 2 is 1.81 bits per heavy atom. The van der Waals surface area contributed by atoms with E-state index in [0.29, 0.717) is 24.9 Å². The van der Waals surface area contributed by atoms with Crippen molar-refractivity contribution in [3.8, 4) is 0 Å². The third-order valence-corrected chi connectivity index (χ3v) is 7.96. The van der Waals surface area contributed by atoms with Gasteiger partial charge < -0.3 is 9.47 Å². The highest BCUT2D eigenvalue weighted by Gasteiger charge is 2.46. The lowest BCUT2D eigenvalue weighted by Gasteiger charge is -2.24. The van der Waals surface area contributed by atoms with E-state index in [-0.39, 0.29) is 5.16 Å². The van der Waals surface area contributed by atoms with Gasteiger partial charge in [-0.25, -0.2) is 23.4 Å². The summed E-state index contributed by atoms with van der Waals surface area (Å²) in [6, 6.07) is 0. The van der Waals surface area contributed by atoms with Gasteiger partial charge in [0, 0.05) is 56.9 Å². The van der Waals surface area contributed by atoms with Crippen molar-refractivity contribution in [2.45, 2.75) is 31.3 Å². The maximum absolute atomic E-state index is 12.9. The van der Waals surface area contributed by atoms with Crippen molar-refractivity contribution >= 4 is 15.8 Å². The monoisotopic (exact) mass is 388 g/mol. The number of aryl methyl sites for hydroxylation is 3. The first kappa shape index (κ1) is 17.1. The van der Waals surface area contributed by atoms with Gasteiger partial charge in [-0.2, -0.15) is 4.31 Å². The summed E-state index contributed by atoms with van der Waals surface area (Å²) in [6.45, 7) is 4.80. The molecule has 0 spiro atoms. The largest absolute Gasteiger partial charge is 0.356 e. The minimum atomic E-state index is -3.53. The minimum absolute atomic E-state index is 0.128. The van der Waals surface area contributed by atoms with Crippen LogP contribution in [0, 0.1) is 18.8 Å². The molecular weight excluding hydrogens is 364 g/mol. The lowest BCUT2D eigenvalue weighted by molar-refractivity contribution is 0.444. The standard InChI is InChI=1S/C18H24N6O2S/c1-12-20-16-5-3-4-15(16)17(21-12)23-8-13-10-24(11-14(13)9-23)27(25,26)18-19-6-7-22(18)2/h6-7,13-14H,3-5,8-11H2,1-2H3. The zero-order valence-electron chi connectivity index (χ0n) is 15.7. The van der Waals surface area contributed by atoms with Crippen LogP contribution in [0.25, 0.3) is 0 Å². The fraction of sp³-hybridized carbons (Fsp3) is 0.611. The van der Waals surface area contributed by atoms with Crippen molar-refractivity contribution in [3.05, 3.63) is 29.5 Å². The van der Waals surface area contributed by atoms with E-state index in [0.717, 1.165) is 44.0 Å². The number of imidazole rings is 1. The molecule has 3 aliphatic rings. The molecule has 0 radical (unpaired) electrons. The Morgan fingerprint density at radius 3 is 2.48 bits per heavy atom. The van der Waals surface area contributed by atoms with Gasteiger partial charge >= 0.3 is 0 Å². The van der Waals surface area contributed by atoms with Gasteiger partial charge in [-0.15, -0.1) is 0 Å². The Balaban J connectivity index is 1.36. The summed E-state index contributed by atoms with van der Waals surface area (Å²) >= 11 is 0. The Kier molecular flexibility index (Phi) is 3.80. The van der Waals surface area contributed by atoms with Gasteiger partial charge in [0.25, 0.3) is 10.0 Å². The van der Waals surface area contributed by atoms with Crippen LogP contribution < -0.4 is 4.90 Å². The van der Waals surface area contributed by atoms with Crippen LogP contribution in [0.1, 0.15) is 23.5 Å². The van der Waals surface area contributed by atoms with E-state index in [1.165, 1.54) is 17.5 Å². The van der Waals surface area contributed by atoms with Crippen LogP contribution in [0.4, 0.5) is 5.82 Å². The van der Waals surface area contributed by atoms with Crippen molar-refractivity contribution < 1.29 is 8.42 Å². The second-order valence-electron chi connectivity index (χ2n) is 7.94. The fourth-order valence-corrected chi connectivity index (χ4v) is 6.46. The Bertz CT molecular complexity index is 987. The third kappa shape index (κ3) is 2.67. The molecule has 2 aromatic heterocycles. The van der Waals surface area contributed by atoms with Crippen LogP contribution in [-0.2, 0) is 29.9 Å². The van der Waals surface area contributed by atoms with Crippen LogP contribution in [0.2, 0.25) is 0 Å². The zero-order valence-corrected chi connectivity index (χ0v) is 16.5. The molecule has 2 aliphatic heterocycles. The van der Waals surface area contributed by atoms with Crippen molar-refractivity contribution in [3.63, 3.8) is 0 Å². The molecule has 0 amide bonds. The molecule has 0 N–H and O–H groups in total. The smallest absolute Gasteiger partial charge is 0.277 e. The average molecular weight is 388 g/mol. The summed E-state index contributed by atoms with van der Waals surface area (Å²) in [6.07, 6.45) is 6.45. The highest BCUT2D eigenvalue weighted by Crippen LogP contribution is 2.38. The molecular formula is C18H24N6O2S. The van der Waals surface area contributed by atoms with E-state index in [4.69, 9.17) is 4.98 Å². The minimum Gasteiger partial charge on any atom is -0.356 e. The molecule has 8 nitrogen and oxygen atoms in total. The van der Waals surface area contributed by atoms with E-state index < -0.39 is 10.0 Å². The maximum atomic E-state index is 12.9. The van der Waals surface area contributed by atoms with Crippen LogP contribution >= 0.6 is 0 Å². The molecule has 2 aromatic rings. The van der Waals surface area contributed by atoms with Crippen molar-refractivity contribution in [2.75, 3.05) is 31.1 Å². The van der Waals surface area contributed by atoms with Crippen molar-refractivity contribution in [2.24, 2.45) is 18.9 Å². The molecule has 2 saturated heterocycles. The first-order chi connectivity index (χ1) is 12.9.